The zero-order chi connectivity index (χ0) is 20.1. The first-order chi connectivity index (χ1) is 12.7. The van der Waals surface area contributed by atoms with Gasteiger partial charge in [-0.05, 0) is 38.1 Å². The highest BCUT2D eigenvalue weighted by Crippen LogP contribution is 2.24. The van der Waals surface area contributed by atoms with Crippen molar-refractivity contribution < 1.29 is 24.0 Å². The number of ether oxygens (including phenoxy) is 1. The predicted molar refractivity (Wildman–Crippen MR) is 98.1 cm³/mol. The maximum atomic E-state index is 12.3. The topological polar surface area (TPSA) is 116 Å². The molecule has 0 aromatic heterocycles. The standard InChI is InChI=1S/C18H15ClN2O6/c1-10(22)13-5-3-4-6-15(13)20-17(23)11(2)27-18(24)14-8-7-12(19)9-16(14)21(25)26/h3-9,11H,1-2H3,(H,20,23). The summed E-state index contributed by atoms with van der Waals surface area (Å²) in [5.74, 6) is -1.97. The third kappa shape index (κ3) is 4.89. The number of carbonyl (C=O) groups excluding carboxylic acids is 3. The molecule has 0 aliphatic heterocycles. The summed E-state index contributed by atoms with van der Waals surface area (Å²) >= 11 is 5.70. The van der Waals surface area contributed by atoms with Crippen molar-refractivity contribution in [3.8, 4) is 0 Å². The van der Waals surface area contributed by atoms with Crippen LogP contribution in [-0.2, 0) is 9.53 Å². The maximum absolute atomic E-state index is 12.3. The molecule has 0 heterocycles. The lowest BCUT2D eigenvalue weighted by atomic mass is 10.1. The second kappa shape index (κ2) is 8.41. The number of nitro benzene ring substituents is 1. The molecule has 0 radical (unpaired) electrons. The summed E-state index contributed by atoms with van der Waals surface area (Å²) in [4.78, 5) is 46.4. The molecule has 0 bridgehead atoms. The van der Waals surface area contributed by atoms with E-state index in [9.17, 15) is 24.5 Å². The first-order valence-corrected chi connectivity index (χ1v) is 8.14. The van der Waals surface area contributed by atoms with Crippen molar-refractivity contribution in [1.29, 1.82) is 0 Å². The van der Waals surface area contributed by atoms with Gasteiger partial charge in [0.15, 0.2) is 11.9 Å². The first-order valence-electron chi connectivity index (χ1n) is 7.76. The molecule has 2 aromatic rings. The van der Waals surface area contributed by atoms with Crippen LogP contribution in [0.3, 0.4) is 0 Å². The highest BCUT2D eigenvalue weighted by molar-refractivity contribution is 6.31. The summed E-state index contributed by atoms with van der Waals surface area (Å²) in [6, 6.07) is 9.84. The Morgan fingerprint density at radius 1 is 1.15 bits per heavy atom. The van der Waals surface area contributed by atoms with Gasteiger partial charge in [-0.25, -0.2) is 4.79 Å². The number of hydrogen-bond acceptors (Lipinski definition) is 6. The fraction of sp³-hybridized carbons (Fsp3) is 0.167. The summed E-state index contributed by atoms with van der Waals surface area (Å²) in [6.45, 7) is 2.67. The molecule has 1 atom stereocenters. The molecule has 8 nitrogen and oxygen atoms in total. The second-order valence-electron chi connectivity index (χ2n) is 5.56. The van der Waals surface area contributed by atoms with Crippen LogP contribution in [0.2, 0.25) is 5.02 Å². The number of hydrogen-bond donors (Lipinski definition) is 1. The van der Waals surface area contributed by atoms with E-state index in [0.29, 0.717) is 5.56 Å². The van der Waals surface area contributed by atoms with Gasteiger partial charge in [0.1, 0.15) is 5.56 Å². The number of esters is 1. The Hall–Kier alpha value is -3.26. The Kier molecular flexibility index (Phi) is 6.25. The van der Waals surface area contributed by atoms with E-state index in [2.05, 4.69) is 5.32 Å². The van der Waals surface area contributed by atoms with Gasteiger partial charge in [0.2, 0.25) is 0 Å². The van der Waals surface area contributed by atoms with Crippen LogP contribution in [0.15, 0.2) is 42.5 Å². The zero-order valence-corrected chi connectivity index (χ0v) is 15.1. The van der Waals surface area contributed by atoms with E-state index in [4.69, 9.17) is 16.3 Å². The lowest BCUT2D eigenvalue weighted by Crippen LogP contribution is -2.30. The maximum Gasteiger partial charge on any atom is 0.345 e. The van der Waals surface area contributed by atoms with Crippen LogP contribution in [-0.4, -0.2) is 28.7 Å². The smallest absolute Gasteiger partial charge is 0.345 e. The van der Waals surface area contributed by atoms with Crippen LogP contribution in [0, 0.1) is 10.1 Å². The summed E-state index contributed by atoms with van der Waals surface area (Å²) in [6.07, 6.45) is -1.26. The number of Topliss-reactive ketones (excluding diaryl/α,β-unsaturated/α-hetero) is 1. The molecule has 1 unspecified atom stereocenters. The number of benzene rings is 2. The summed E-state index contributed by atoms with van der Waals surface area (Å²) in [5, 5.41) is 13.7. The Balaban J connectivity index is 2.15. The lowest BCUT2D eigenvalue weighted by molar-refractivity contribution is -0.385. The highest BCUT2D eigenvalue weighted by atomic mass is 35.5. The molecule has 1 N–H and O–H groups in total. The third-order valence-corrected chi connectivity index (χ3v) is 3.83. The van der Waals surface area contributed by atoms with E-state index in [1.165, 1.54) is 26.0 Å². The Bertz CT molecular complexity index is 928. The van der Waals surface area contributed by atoms with Gasteiger partial charge in [-0.1, -0.05) is 23.7 Å². The van der Waals surface area contributed by atoms with E-state index in [1.807, 2.05) is 0 Å². The minimum absolute atomic E-state index is 0.0879. The van der Waals surface area contributed by atoms with Gasteiger partial charge in [0.05, 0.1) is 10.6 Å². The highest BCUT2D eigenvalue weighted by Gasteiger charge is 2.26. The van der Waals surface area contributed by atoms with Crippen LogP contribution in [0.4, 0.5) is 11.4 Å². The molecule has 0 saturated heterocycles. The van der Waals surface area contributed by atoms with Gasteiger partial charge in [-0.3, -0.25) is 19.7 Å². The predicted octanol–water partition coefficient (Wildman–Crippen LogP) is 3.63. The largest absolute Gasteiger partial charge is 0.449 e. The number of nitrogens with one attached hydrogen (secondary N) is 1. The number of carbonyl (C=O) groups is 3. The number of nitrogens with zero attached hydrogens (tertiary/aromatic N) is 1. The fourth-order valence-corrected chi connectivity index (χ4v) is 2.41. The third-order valence-electron chi connectivity index (χ3n) is 3.59. The summed E-state index contributed by atoms with van der Waals surface area (Å²) in [5.41, 5.74) is -0.275. The molecule has 27 heavy (non-hydrogen) atoms. The number of nitro groups is 1. The molecule has 0 saturated carbocycles. The normalized spacial score (nSPS) is 11.4. The van der Waals surface area contributed by atoms with Crippen molar-refractivity contribution >= 4 is 40.6 Å². The van der Waals surface area contributed by atoms with Gasteiger partial charge in [0, 0.05) is 16.7 Å². The second-order valence-corrected chi connectivity index (χ2v) is 5.99. The Morgan fingerprint density at radius 3 is 2.44 bits per heavy atom. The van der Waals surface area contributed by atoms with E-state index >= 15 is 0 Å². The van der Waals surface area contributed by atoms with Crippen molar-refractivity contribution in [2.45, 2.75) is 20.0 Å². The molecule has 140 valence electrons. The first kappa shape index (κ1) is 20.1. The number of halogens is 1. The molecular formula is C18H15ClN2O6. The van der Waals surface area contributed by atoms with E-state index in [1.54, 1.807) is 18.2 Å². The zero-order valence-electron chi connectivity index (χ0n) is 14.4. The minimum atomic E-state index is -1.26. The van der Waals surface area contributed by atoms with Crippen molar-refractivity contribution in [2.24, 2.45) is 0 Å². The van der Waals surface area contributed by atoms with Gasteiger partial charge in [0.25, 0.3) is 11.6 Å². The molecule has 0 fully saturated rings. The number of rotatable bonds is 6. The SMILES string of the molecule is CC(=O)c1ccccc1NC(=O)C(C)OC(=O)c1ccc(Cl)cc1[N+](=O)[O-]. The molecule has 0 spiro atoms. The number of amides is 1. The summed E-state index contributed by atoms with van der Waals surface area (Å²) in [7, 11) is 0. The van der Waals surface area contributed by atoms with Gasteiger partial charge >= 0.3 is 5.97 Å². The Morgan fingerprint density at radius 2 is 1.81 bits per heavy atom. The molecule has 0 aliphatic rings. The van der Waals surface area contributed by atoms with Crippen molar-refractivity contribution in [2.75, 3.05) is 5.32 Å². The summed E-state index contributed by atoms with van der Waals surface area (Å²) < 4.78 is 5.02. The quantitative estimate of drug-likeness (QED) is 0.348. The van der Waals surface area contributed by atoms with Crippen LogP contribution in [0.1, 0.15) is 34.6 Å². The minimum Gasteiger partial charge on any atom is -0.449 e. The molecule has 0 aliphatic carbocycles. The molecule has 2 aromatic carbocycles. The monoisotopic (exact) mass is 390 g/mol. The van der Waals surface area contributed by atoms with Crippen LogP contribution >= 0.6 is 11.6 Å². The fourth-order valence-electron chi connectivity index (χ4n) is 2.24. The molecule has 9 heteroatoms. The average molecular weight is 391 g/mol. The Labute approximate surface area is 159 Å². The van der Waals surface area contributed by atoms with E-state index < -0.39 is 28.6 Å². The van der Waals surface area contributed by atoms with E-state index in [-0.39, 0.29) is 22.1 Å². The molecule has 2 rings (SSSR count). The van der Waals surface area contributed by atoms with Crippen molar-refractivity contribution in [3.05, 3.63) is 68.7 Å². The van der Waals surface area contributed by atoms with Crippen LogP contribution in [0.25, 0.3) is 0 Å². The lowest BCUT2D eigenvalue weighted by Gasteiger charge is -2.15. The van der Waals surface area contributed by atoms with Crippen LogP contribution < -0.4 is 5.32 Å². The van der Waals surface area contributed by atoms with Gasteiger partial charge in [-0.2, -0.15) is 0 Å². The average Bonchev–Trinajstić information content (AvgIpc) is 2.61. The number of para-hydroxylation sites is 1. The van der Waals surface area contributed by atoms with Gasteiger partial charge < -0.3 is 10.1 Å². The molecular weight excluding hydrogens is 376 g/mol. The van der Waals surface area contributed by atoms with E-state index in [0.717, 1.165) is 12.1 Å². The molecule has 1 amide bonds. The van der Waals surface area contributed by atoms with Crippen molar-refractivity contribution in [3.63, 3.8) is 0 Å². The number of anilines is 1. The van der Waals surface area contributed by atoms with Gasteiger partial charge in [-0.15, -0.1) is 0 Å². The van der Waals surface area contributed by atoms with Crippen LogP contribution in [0.5, 0.6) is 0 Å². The van der Waals surface area contributed by atoms with Crippen molar-refractivity contribution in [1.82, 2.24) is 0 Å². The number of ketones is 1.